The first-order chi connectivity index (χ1) is 11.5. The standard InChI is InChI=1S/C18H20N2O4/c1-13-6-8-15(9-7-13)11-19-18(23)14(2)24-17(22)12-20-10-4-3-5-16(20)21/h3-10,14H,11-12H2,1-2H3,(H,19,23)/t14-/m0/s1. The molecule has 1 aromatic carbocycles. The molecular weight excluding hydrogens is 308 g/mol. The van der Waals surface area contributed by atoms with Crippen molar-refractivity contribution in [1.29, 1.82) is 0 Å². The van der Waals surface area contributed by atoms with Gasteiger partial charge in [-0.2, -0.15) is 0 Å². The van der Waals surface area contributed by atoms with E-state index in [2.05, 4.69) is 5.32 Å². The number of nitrogens with zero attached hydrogens (tertiary/aromatic N) is 1. The van der Waals surface area contributed by atoms with E-state index in [4.69, 9.17) is 4.74 Å². The van der Waals surface area contributed by atoms with E-state index in [1.165, 1.54) is 23.8 Å². The molecule has 126 valence electrons. The summed E-state index contributed by atoms with van der Waals surface area (Å²) in [4.78, 5) is 35.3. The molecule has 0 spiro atoms. The number of hydrogen-bond acceptors (Lipinski definition) is 4. The van der Waals surface area contributed by atoms with Crippen LogP contribution >= 0.6 is 0 Å². The second-order valence-corrected chi connectivity index (χ2v) is 5.50. The number of ether oxygens (including phenoxy) is 1. The van der Waals surface area contributed by atoms with Crippen LogP contribution in [0.25, 0.3) is 0 Å². The second kappa shape index (κ2) is 8.10. The molecule has 0 aliphatic carbocycles. The summed E-state index contributed by atoms with van der Waals surface area (Å²) in [7, 11) is 0. The van der Waals surface area contributed by atoms with Gasteiger partial charge in [-0.05, 0) is 25.5 Å². The van der Waals surface area contributed by atoms with Crippen LogP contribution in [0.5, 0.6) is 0 Å². The van der Waals surface area contributed by atoms with Crippen molar-refractivity contribution in [2.75, 3.05) is 0 Å². The van der Waals surface area contributed by atoms with E-state index in [1.807, 2.05) is 31.2 Å². The molecule has 0 saturated heterocycles. The molecule has 0 radical (unpaired) electrons. The molecule has 1 amide bonds. The van der Waals surface area contributed by atoms with Gasteiger partial charge in [-0.15, -0.1) is 0 Å². The van der Waals surface area contributed by atoms with Gasteiger partial charge in [-0.1, -0.05) is 35.9 Å². The molecule has 0 aliphatic rings. The van der Waals surface area contributed by atoms with Gasteiger partial charge in [-0.25, -0.2) is 0 Å². The number of aryl methyl sites for hydroxylation is 1. The highest BCUT2D eigenvalue weighted by atomic mass is 16.5. The Balaban J connectivity index is 1.82. The number of aromatic nitrogens is 1. The topological polar surface area (TPSA) is 77.4 Å². The molecule has 0 fully saturated rings. The SMILES string of the molecule is Cc1ccc(CNC(=O)[C@H](C)OC(=O)Cn2ccccc2=O)cc1. The van der Waals surface area contributed by atoms with E-state index in [-0.39, 0.29) is 18.0 Å². The second-order valence-electron chi connectivity index (χ2n) is 5.50. The molecule has 6 nitrogen and oxygen atoms in total. The number of amides is 1. The molecule has 24 heavy (non-hydrogen) atoms. The quantitative estimate of drug-likeness (QED) is 0.813. The summed E-state index contributed by atoms with van der Waals surface area (Å²) in [6.45, 7) is 3.62. The van der Waals surface area contributed by atoms with Crippen molar-refractivity contribution in [3.8, 4) is 0 Å². The van der Waals surface area contributed by atoms with Gasteiger partial charge in [0.05, 0.1) is 0 Å². The fourth-order valence-electron chi connectivity index (χ4n) is 2.06. The lowest BCUT2D eigenvalue weighted by Crippen LogP contribution is -2.36. The van der Waals surface area contributed by atoms with Gasteiger partial charge in [0, 0.05) is 18.8 Å². The van der Waals surface area contributed by atoms with Gasteiger partial charge in [0.1, 0.15) is 6.54 Å². The van der Waals surface area contributed by atoms with E-state index >= 15 is 0 Å². The van der Waals surface area contributed by atoms with Crippen LogP contribution in [0.4, 0.5) is 0 Å². The first-order valence-electron chi connectivity index (χ1n) is 7.64. The molecule has 0 bridgehead atoms. The molecule has 1 heterocycles. The van der Waals surface area contributed by atoms with Crippen LogP contribution in [0.3, 0.4) is 0 Å². The Kier molecular flexibility index (Phi) is 5.89. The molecule has 2 rings (SSSR count). The molecule has 0 aliphatic heterocycles. The van der Waals surface area contributed by atoms with Crippen LogP contribution < -0.4 is 10.9 Å². The zero-order valence-corrected chi connectivity index (χ0v) is 13.7. The van der Waals surface area contributed by atoms with Crippen molar-refractivity contribution in [2.24, 2.45) is 0 Å². The number of benzene rings is 1. The Morgan fingerprint density at radius 2 is 1.88 bits per heavy atom. The lowest BCUT2D eigenvalue weighted by molar-refractivity contribution is -0.155. The Morgan fingerprint density at radius 1 is 1.17 bits per heavy atom. The number of rotatable bonds is 6. The highest BCUT2D eigenvalue weighted by Crippen LogP contribution is 2.03. The lowest BCUT2D eigenvalue weighted by Gasteiger charge is -2.14. The number of hydrogen-bond donors (Lipinski definition) is 1. The van der Waals surface area contributed by atoms with Gasteiger partial charge in [0.15, 0.2) is 6.10 Å². The minimum Gasteiger partial charge on any atom is -0.451 e. The van der Waals surface area contributed by atoms with Gasteiger partial charge in [-0.3, -0.25) is 14.4 Å². The Morgan fingerprint density at radius 3 is 2.54 bits per heavy atom. The Labute approximate surface area is 140 Å². The summed E-state index contributed by atoms with van der Waals surface area (Å²) >= 11 is 0. The molecule has 6 heteroatoms. The maximum atomic E-state index is 12.0. The molecule has 0 saturated carbocycles. The van der Waals surface area contributed by atoms with Crippen molar-refractivity contribution in [1.82, 2.24) is 9.88 Å². The summed E-state index contributed by atoms with van der Waals surface area (Å²) in [5.74, 6) is -1.02. The molecular formula is C18H20N2O4. The lowest BCUT2D eigenvalue weighted by atomic mass is 10.1. The maximum Gasteiger partial charge on any atom is 0.326 e. The van der Waals surface area contributed by atoms with Gasteiger partial charge in [0.2, 0.25) is 0 Å². The highest BCUT2D eigenvalue weighted by Gasteiger charge is 2.17. The summed E-state index contributed by atoms with van der Waals surface area (Å²) in [6.07, 6.45) is 0.563. The van der Waals surface area contributed by atoms with E-state index in [0.29, 0.717) is 6.54 Å². The maximum absolute atomic E-state index is 12.0. The minimum atomic E-state index is -0.928. The van der Waals surface area contributed by atoms with Crippen LogP contribution in [-0.2, 0) is 27.4 Å². The first kappa shape index (κ1) is 17.5. The van der Waals surface area contributed by atoms with E-state index < -0.39 is 12.1 Å². The number of carbonyl (C=O) groups is 2. The summed E-state index contributed by atoms with van der Waals surface area (Å²) in [6, 6.07) is 12.4. The average Bonchev–Trinajstić information content (AvgIpc) is 2.56. The van der Waals surface area contributed by atoms with Gasteiger partial charge in [0.25, 0.3) is 11.5 Å². The first-order valence-corrected chi connectivity index (χ1v) is 7.64. The predicted octanol–water partition coefficient (Wildman–Crippen LogP) is 1.40. The highest BCUT2D eigenvalue weighted by molar-refractivity contribution is 5.83. The molecule has 1 N–H and O–H groups in total. The largest absolute Gasteiger partial charge is 0.451 e. The normalized spacial score (nSPS) is 11.6. The molecule has 2 aromatic rings. The van der Waals surface area contributed by atoms with Crippen LogP contribution in [0, 0.1) is 6.92 Å². The van der Waals surface area contributed by atoms with Gasteiger partial charge >= 0.3 is 5.97 Å². The van der Waals surface area contributed by atoms with Crippen molar-refractivity contribution in [3.63, 3.8) is 0 Å². The van der Waals surface area contributed by atoms with Crippen molar-refractivity contribution in [2.45, 2.75) is 33.0 Å². The monoisotopic (exact) mass is 328 g/mol. The van der Waals surface area contributed by atoms with Crippen molar-refractivity contribution in [3.05, 3.63) is 70.1 Å². The Bertz CT molecular complexity index is 765. The minimum absolute atomic E-state index is 0.227. The number of esters is 1. The smallest absolute Gasteiger partial charge is 0.326 e. The zero-order valence-electron chi connectivity index (χ0n) is 13.7. The number of carbonyl (C=O) groups excluding carboxylic acids is 2. The van der Waals surface area contributed by atoms with Crippen LogP contribution in [-0.4, -0.2) is 22.5 Å². The van der Waals surface area contributed by atoms with Crippen LogP contribution in [0.2, 0.25) is 0 Å². The predicted molar refractivity (Wildman–Crippen MR) is 89.3 cm³/mol. The third-order valence-electron chi connectivity index (χ3n) is 3.46. The fourth-order valence-corrected chi connectivity index (χ4v) is 2.06. The zero-order chi connectivity index (χ0) is 17.5. The average molecular weight is 328 g/mol. The third kappa shape index (κ3) is 5.08. The van der Waals surface area contributed by atoms with Gasteiger partial charge < -0.3 is 14.6 Å². The van der Waals surface area contributed by atoms with E-state index in [9.17, 15) is 14.4 Å². The van der Waals surface area contributed by atoms with Crippen LogP contribution in [0.15, 0.2) is 53.5 Å². The van der Waals surface area contributed by atoms with Crippen molar-refractivity contribution < 1.29 is 14.3 Å². The molecule has 0 unspecified atom stereocenters. The van der Waals surface area contributed by atoms with E-state index in [0.717, 1.165) is 11.1 Å². The van der Waals surface area contributed by atoms with Crippen molar-refractivity contribution >= 4 is 11.9 Å². The van der Waals surface area contributed by atoms with E-state index in [1.54, 1.807) is 12.1 Å². The van der Waals surface area contributed by atoms with Crippen LogP contribution in [0.1, 0.15) is 18.1 Å². The molecule has 1 aromatic heterocycles. The number of nitrogens with one attached hydrogen (secondary N) is 1. The summed E-state index contributed by atoms with van der Waals surface area (Å²) < 4.78 is 6.29. The Hall–Kier alpha value is -2.89. The summed E-state index contributed by atoms with van der Waals surface area (Å²) in [5, 5.41) is 2.71. The summed E-state index contributed by atoms with van der Waals surface area (Å²) in [5.41, 5.74) is 1.80. The third-order valence-corrected chi connectivity index (χ3v) is 3.46. The fraction of sp³-hybridized carbons (Fsp3) is 0.278. The number of pyridine rings is 1. The molecule has 1 atom stereocenters.